The van der Waals surface area contributed by atoms with Crippen molar-refractivity contribution < 1.29 is 4.79 Å². The number of carbonyl (C=O) groups is 1. The number of H-pyrrole nitrogens is 1. The zero-order valence-electron chi connectivity index (χ0n) is 12.9. The van der Waals surface area contributed by atoms with E-state index in [0.29, 0.717) is 11.5 Å². The van der Waals surface area contributed by atoms with E-state index in [1.54, 1.807) is 10.6 Å². The lowest BCUT2D eigenvalue weighted by atomic mass is 10.0. The molecule has 0 aliphatic carbocycles. The summed E-state index contributed by atoms with van der Waals surface area (Å²) in [4.78, 5) is 24.5. The fourth-order valence-electron chi connectivity index (χ4n) is 2.70. The molecule has 1 aromatic carbocycles. The normalized spacial score (nSPS) is 12.3. The topological polar surface area (TPSA) is 86.8 Å². The van der Waals surface area contributed by atoms with Crippen molar-refractivity contribution in [2.45, 2.75) is 12.8 Å². The van der Waals surface area contributed by atoms with Crippen LogP contribution in [0.4, 0.5) is 0 Å². The molecule has 0 amide bonds. The highest BCUT2D eigenvalue weighted by molar-refractivity contribution is 6.01. The van der Waals surface area contributed by atoms with Gasteiger partial charge in [0.1, 0.15) is 17.2 Å². The number of hydrogen-bond acceptors (Lipinski definition) is 4. The number of aryl methyl sites for hydroxylation is 1. The third-order valence-electron chi connectivity index (χ3n) is 3.94. The Morgan fingerprint density at radius 1 is 1.29 bits per heavy atom. The van der Waals surface area contributed by atoms with Crippen molar-refractivity contribution >= 4 is 22.5 Å². The van der Waals surface area contributed by atoms with Crippen LogP contribution in [0.15, 0.2) is 48.8 Å². The fourth-order valence-corrected chi connectivity index (χ4v) is 2.70. The summed E-state index contributed by atoms with van der Waals surface area (Å²) in [6.07, 6.45) is 3.49. The third kappa shape index (κ3) is 2.23. The third-order valence-corrected chi connectivity index (χ3v) is 3.94. The van der Waals surface area contributed by atoms with Crippen LogP contribution in [0, 0.1) is 18.3 Å². The molecular formula is C18H13N5O. The lowest BCUT2D eigenvalue weighted by molar-refractivity contribution is 0.0972. The number of benzene rings is 1. The van der Waals surface area contributed by atoms with Crippen LogP contribution in [0.3, 0.4) is 0 Å². The van der Waals surface area contributed by atoms with Crippen molar-refractivity contribution in [2.75, 3.05) is 0 Å². The van der Waals surface area contributed by atoms with Crippen LogP contribution < -0.4 is 0 Å². The van der Waals surface area contributed by atoms with Crippen molar-refractivity contribution in [1.29, 1.82) is 5.26 Å². The highest BCUT2D eigenvalue weighted by atomic mass is 16.1. The molecule has 1 atom stereocenters. The first-order chi connectivity index (χ1) is 11.7. The lowest BCUT2D eigenvalue weighted by Crippen LogP contribution is -2.13. The van der Waals surface area contributed by atoms with E-state index in [9.17, 15) is 10.1 Å². The van der Waals surface area contributed by atoms with Crippen LogP contribution in [0.25, 0.3) is 16.7 Å². The summed E-state index contributed by atoms with van der Waals surface area (Å²) in [5.41, 5.74) is 3.52. The number of nitriles is 1. The molecule has 0 bridgehead atoms. The first-order valence-corrected chi connectivity index (χ1v) is 7.49. The molecule has 0 aliphatic rings. The summed E-state index contributed by atoms with van der Waals surface area (Å²) in [7, 11) is 0. The van der Waals surface area contributed by atoms with Crippen LogP contribution in [-0.4, -0.2) is 25.1 Å². The zero-order valence-corrected chi connectivity index (χ0v) is 12.9. The maximum atomic E-state index is 12.7. The van der Waals surface area contributed by atoms with E-state index in [-0.39, 0.29) is 11.5 Å². The van der Waals surface area contributed by atoms with Crippen molar-refractivity contribution in [1.82, 2.24) is 19.4 Å². The number of hydrogen-bond donors (Lipinski definition) is 1. The Labute approximate surface area is 137 Å². The number of fused-ring (bicyclic) bond motifs is 2. The van der Waals surface area contributed by atoms with E-state index in [1.807, 2.05) is 55.6 Å². The van der Waals surface area contributed by atoms with Crippen LogP contribution in [0.5, 0.6) is 0 Å². The molecule has 0 aliphatic heterocycles. The molecule has 1 N–H and O–H groups in total. The van der Waals surface area contributed by atoms with Gasteiger partial charge in [-0.1, -0.05) is 12.1 Å². The molecule has 3 heterocycles. The molecule has 1 unspecified atom stereocenters. The number of para-hydroxylation sites is 2. The summed E-state index contributed by atoms with van der Waals surface area (Å²) >= 11 is 0. The predicted octanol–water partition coefficient (Wildman–Crippen LogP) is 3.01. The average Bonchev–Trinajstić information content (AvgIpc) is 3.18. The molecule has 24 heavy (non-hydrogen) atoms. The van der Waals surface area contributed by atoms with Gasteiger partial charge in [-0.25, -0.2) is 9.97 Å². The number of rotatable bonds is 3. The Bertz CT molecular complexity index is 1080. The van der Waals surface area contributed by atoms with E-state index in [2.05, 4.69) is 15.0 Å². The van der Waals surface area contributed by atoms with Crippen LogP contribution in [-0.2, 0) is 0 Å². The average molecular weight is 315 g/mol. The van der Waals surface area contributed by atoms with Crippen molar-refractivity contribution in [3.05, 3.63) is 65.9 Å². The van der Waals surface area contributed by atoms with Crippen LogP contribution in [0.1, 0.15) is 27.8 Å². The second-order valence-corrected chi connectivity index (χ2v) is 5.66. The van der Waals surface area contributed by atoms with Gasteiger partial charge in [0.25, 0.3) is 0 Å². The summed E-state index contributed by atoms with van der Waals surface area (Å²) in [6, 6.07) is 13.3. The van der Waals surface area contributed by atoms with Gasteiger partial charge in [0.15, 0.2) is 5.92 Å². The highest BCUT2D eigenvalue weighted by Gasteiger charge is 2.27. The molecule has 6 nitrogen and oxygen atoms in total. The molecule has 116 valence electrons. The molecule has 0 saturated heterocycles. The number of carbonyl (C=O) groups excluding carboxylic acids is 1. The second kappa shape index (κ2) is 5.32. The molecule has 0 spiro atoms. The van der Waals surface area contributed by atoms with Gasteiger partial charge in [-0.05, 0) is 36.8 Å². The molecule has 0 saturated carbocycles. The largest absolute Gasteiger partial charge is 0.340 e. The van der Waals surface area contributed by atoms with Gasteiger partial charge in [0, 0.05) is 12.4 Å². The van der Waals surface area contributed by atoms with Gasteiger partial charge in [-0.15, -0.1) is 0 Å². The van der Waals surface area contributed by atoms with E-state index in [1.165, 1.54) is 0 Å². The Hall–Kier alpha value is -3.46. The number of nitrogens with zero attached hydrogens (tertiary/aromatic N) is 4. The summed E-state index contributed by atoms with van der Waals surface area (Å²) in [6.45, 7) is 1.96. The first-order valence-electron chi connectivity index (χ1n) is 7.49. The predicted molar refractivity (Wildman–Crippen MR) is 88.7 cm³/mol. The minimum Gasteiger partial charge on any atom is -0.340 e. The highest BCUT2D eigenvalue weighted by Crippen LogP contribution is 2.21. The SMILES string of the molecule is Cc1ccn2cc(C(=O)C(C#N)c3nc4ccccc4[nH]3)nc2c1. The maximum Gasteiger partial charge on any atom is 0.207 e. The monoisotopic (exact) mass is 315 g/mol. The van der Waals surface area contributed by atoms with Gasteiger partial charge in [0.2, 0.25) is 5.78 Å². The standard InChI is InChI=1S/C18H13N5O/c1-11-6-7-23-10-15(20-16(23)8-11)17(24)12(9-19)18-21-13-4-2-3-5-14(13)22-18/h2-8,10,12H,1H3,(H,21,22). The number of pyridine rings is 1. The van der Waals surface area contributed by atoms with Crippen molar-refractivity contribution in [3.63, 3.8) is 0 Å². The first kappa shape index (κ1) is 14.2. The molecule has 4 rings (SSSR count). The number of Topliss-reactive ketones (excluding diaryl/α,β-unsaturated/α-hetero) is 1. The van der Waals surface area contributed by atoms with Gasteiger partial charge < -0.3 is 9.38 Å². The van der Waals surface area contributed by atoms with Crippen LogP contribution in [0.2, 0.25) is 0 Å². The molecule has 6 heteroatoms. The van der Waals surface area contributed by atoms with Crippen molar-refractivity contribution in [3.8, 4) is 6.07 Å². The van der Waals surface area contributed by atoms with E-state index < -0.39 is 5.92 Å². The fraction of sp³-hybridized carbons (Fsp3) is 0.111. The number of aromatic nitrogens is 4. The number of nitrogens with one attached hydrogen (secondary N) is 1. The summed E-state index contributed by atoms with van der Waals surface area (Å²) in [5, 5.41) is 9.49. The minimum atomic E-state index is -1.01. The van der Waals surface area contributed by atoms with Gasteiger partial charge >= 0.3 is 0 Å². The second-order valence-electron chi connectivity index (χ2n) is 5.66. The Kier molecular flexibility index (Phi) is 3.14. The Morgan fingerprint density at radius 3 is 2.92 bits per heavy atom. The molecule has 0 fully saturated rings. The lowest BCUT2D eigenvalue weighted by Gasteiger charge is -2.01. The maximum absolute atomic E-state index is 12.7. The zero-order chi connectivity index (χ0) is 16.7. The summed E-state index contributed by atoms with van der Waals surface area (Å²) in [5.74, 6) is -1.03. The minimum absolute atomic E-state index is 0.257. The Morgan fingerprint density at radius 2 is 2.12 bits per heavy atom. The molecule has 0 radical (unpaired) electrons. The van der Waals surface area contributed by atoms with E-state index in [4.69, 9.17) is 0 Å². The van der Waals surface area contributed by atoms with Gasteiger partial charge in [0.05, 0.1) is 17.1 Å². The van der Waals surface area contributed by atoms with Crippen molar-refractivity contribution in [2.24, 2.45) is 0 Å². The Balaban J connectivity index is 1.76. The van der Waals surface area contributed by atoms with Crippen LogP contribution >= 0.6 is 0 Å². The quantitative estimate of drug-likeness (QED) is 0.589. The molecule has 4 aromatic rings. The smallest absolute Gasteiger partial charge is 0.207 e. The summed E-state index contributed by atoms with van der Waals surface area (Å²) < 4.78 is 1.77. The molecular weight excluding hydrogens is 302 g/mol. The molecule has 3 aromatic heterocycles. The number of ketones is 1. The van der Waals surface area contributed by atoms with Gasteiger partial charge in [-0.2, -0.15) is 5.26 Å². The number of imidazole rings is 2. The number of aromatic amines is 1. The van der Waals surface area contributed by atoms with E-state index in [0.717, 1.165) is 16.6 Å². The van der Waals surface area contributed by atoms with Gasteiger partial charge in [-0.3, -0.25) is 4.79 Å². The van der Waals surface area contributed by atoms with E-state index >= 15 is 0 Å².